The Morgan fingerprint density at radius 3 is 3.08 bits per heavy atom. The zero-order valence-corrected chi connectivity index (χ0v) is 14.3. The van der Waals surface area contributed by atoms with E-state index in [1.165, 1.54) is 10.7 Å². The highest BCUT2D eigenvalue weighted by molar-refractivity contribution is 7.13. The van der Waals surface area contributed by atoms with Gasteiger partial charge in [0.25, 0.3) is 5.56 Å². The predicted molar refractivity (Wildman–Crippen MR) is 93.0 cm³/mol. The fourth-order valence-electron chi connectivity index (χ4n) is 2.68. The van der Waals surface area contributed by atoms with Crippen LogP contribution in [0.1, 0.15) is 25.7 Å². The summed E-state index contributed by atoms with van der Waals surface area (Å²) in [5, 5.41) is 9.25. The Hall–Kier alpha value is -1.99. The van der Waals surface area contributed by atoms with Crippen LogP contribution in [0.5, 0.6) is 0 Å². The highest BCUT2D eigenvalue weighted by atomic mass is 32.1. The van der Waals surface area contributed by atoms with Crippen LogP contribution in [0.15, 0.2) is 34.4 Å². The van der Waals surface area contributed by atoms with Crippen molar-refractivity contribution in [1.29, 1.82) is 0 Å². The molecular formula is C17H21N3O3S. The van der Waals surface area contributed by atoms with Crippen molar-refractivity contribution in [3.63, 3.8) is 0 Å². The van der Waals surface area contributed by atoms with E-state index in [1.54, 1.807) is 17.4 Å². The summed E-state index contributed by atoms with van der Waals surface area (Å²) in [5.74, 6) is -0.00652. The van der Waals surface area contributed by atoms with Crippen LogP contribution in [0.3, 0.4) is 0 Å². The number of aromatic nitrogens is 2. The minimum atomic E-state index is -0.143. The zero-order chi connectivity index (χ0) is 16.8. The lowest BCUT2D eigenvalue weighted by Gasteiger charge is -2.11. The third kappa shape index (κ3) is 4.52. The molecule has 1 unspecified atom stereocenters. The monoisotopic (exact) mass is 347 g/mol. The normalized spacial score (nSPS) is 17.1. The topological polar surface area (TPSA) is 73.2 Å². The van der Waals surface area contributed by atoms with Gasteiger partial charge in [-0.3, -0.25) is 9.59 Å². The molecule has 0 aliphatic carbocycles. The fourth-order valence-corrected chi connectivity index (χ4v) is 3.37. The van der Waals surface area contributed by atoms with Crippen LogP contribution in [0.2, 0.25) is 0 Å². The van der Waals surface area contributed by atoms with E-state index in [1.807, 2.05) is 17.5 Å². The second kappa shape index (κ2) is 8.21. The van der Waals surface area contributed by atoms with Gasteiger partial charge in [-0.25, -0.2) is 4.68 Å². The zero-order valence-electron chi connectivity index (χ0n) is 13.4. The maximum Gasteiger partial charge on any atom is 0.266 e. The molecule has 128 valence electrons. The molecule has 2 aromatic heterocycles. The van der Waals surface area contributed by atoms with Gasteiger partial charge in [0.1, 0.15) is 5.69 Å². The van der Waals surface area contributed by atoms with E-state index in [4.69, 9.17) is 4.74 Å². The van der Waals surface area contributed by atoms with Crippen LogP contribution in [-0.4, -0.2) is 34.9 Å². The van der Waals surface area contributed by atoms with Crippen LogP contribution in [0.25, 0.3) is 10.6 Å². The number of carbonyl (C=O) groups is 1. The van der Waals surface area contributed by atoms with E-state index < -0.39 is 0 Å². The second-order valence-electron chi connectivity index (χ2n) is 5.80. The first-order chi connectivity index (χ1) is 11.7. The fraction of sp³-hybridized carbons (Fsp3) is 0.471. The number of carbonyl (C=O) groups excluding carboxylic acids is 1. The van der Waals surface area contributed by atoms with Crippen molar-refractivity contribution in [1.82, 2.24) is 15.1 Å². The second-order valence-corrected chi connectivity index (χ2v) is 6.75. The largest absolute Gasteiger partial charge is 0.376 e. The third-order valence-corrected chi connectivity index (χ3v) is 4.86. The summed E-state index contributed by atoms with van der Waals surface area (Å²) < 4.78 is 6.91. The maximum absolute atomic E-state index is 11.9. The summed E-state index contributed by atoms with van der Waals surface area (Å²) in [7, 11) is 0. The Kier molecular flexibility index (Phi) is 5.77. The van der Waals surface area contributed by atoms with Crippen LogP contribution in [0, 0.1) is 0 Å². The van der Waals surface area contributed by atoms with Crippen LogP contribution in [-0.2, 0) is 16.1 Å². The molecule has 1 aliphatic heterocycles. The van der Waals surface area contributed by atoms with Crippen molar-refractivity contribution < 1.29 is 9.53 Å². The van der Waals surface area contributed by atoms with E-state index in [0.29, 0.717) is 25.9 Å². The number of nitrogens with one attached hydrogen (secondary N) is 1. The molecule has 0 radical (unpaired) electrons. The van der Waals surface area contributed by atoms with E-state index >= 15 is 0 Å². The molecule has 0 spiro atoms. The predicted octanol–water partition coefficient (Wildman–Crippen LogP) is 2.05. The van der Waals surface area contributed by atoms with Gasteiger partial charge in [-0.15, -0.1) is 11.3 Å². The van der Waals surface area contributed by atoms with Gasteiger partial charge in [0.05, 0.1) is 11.0 Å². The number of rotatable bonds is 7. The quantitative estimate of drug-likeness (QED) is 0.832. The van der Waals surface area contributed by atoms with Gasteiger partial charge in [-0.1, -0.05) is 6.07 Å². The van der Waals surface area contributed by atoms with Gasteiger partial charge in [0, 0.05) is 32.2 Å². The molecular weight excluding hydrogens is 326 g/mol. The van der Waals surface area contributed by atoms with Crippen molar-refractivity contribution in [3.05, 3.63) is 40.0 Å². The molecule has 0 bridgehead atoms. The van der Waals surface area contributed by atoms with Gasteiger partial charge >= 0.3 is 0 Å². The minimum absolute atomic E-state index is 0.00652. The molecule has 7 heteroatoms. The van der Waals surface area contributed by atoms with Crippen LogP contribution < -0.4 is 10.9 Å². The molecule has 1 N–H and O–H groups in total. The Morgan fingerprint density at radius 1 is 1.42 bits per heavy atom. The summed E-state index contributed by atoms with van der Waals surface area (Å²) in [4.78, 5) is 24.8. The molecule has 1 aliphatic rings. The minimum Gasteiger partial charge on any atom is -0.376 e. The van der Waals surface area contributed by atoms with Crippen molar-refractivity contribution >= 4 is 17.2 Å². The summed E-state index contributed by atoms with van der Waals surface area (Å²) in [5.41, 5.74) is 0.641. The lowest BCUT2D eigenvalue weighted by atomic mass is 10.2. The van der Waals surface area contributed by atoms with Gasteiger partial charge in [-0.2, -0.15) is 5.10 Å². The number of amides is 1. The number of hydrogen-bond donors (Lipinski definition) is 1. The Labute approximate surface area is 144 Å². The first-order valence-corrected chi connectivity index (χ1v) is 9.11. The Balaban J connectivity index is 1.48. The molecule has 3 heterocycles. The molecule has 1 atom stereocenters. The summed E-state index contributed by atoms with van der Waals surface area (Å²) in [6.07, 6.45) is 3.19. The number of ether oxygens (including phenoxy) is 1. The Bertz CT molecular complexity index is 721. The number of nitrogens with zero attached hydrogens (tertiary/aromatic N) is 2. The highest BCUT2D eigenvalue weighted by Crippen LogP contribution is 2.21. The van der Waals surface area contributed by atoms with Crippen molar-refractivity contribution in [3.8, 4) is 10.6 Å². The molecule has 1 amide bonds. The molecule has 24 heavy (non-hydrogen) atoms. The lowest BCUT2D eigenvalue weighted by molar-refractivity contribution is -0.121. The van der Waals surface area contributed by atoms with Crippen molar-refractivity contribution in [2.45, 2.75) is 38.3 Å². The molecule has 6 nitrogen and oxygen atoms in total. The summed E-state index contributed by atoms with van der Waals surface area (Å²) in [6.45, 7) is 1.80. The highest BCUT2D eigenvalue weighted by Gasteiger charge is 2.16. The number of hydrogen-bond acceptors (Lipinski definition) is 5. The molecule has 1 saturated heterocycles. The lowest BCUT2D eigenvalue weighted by Crippen LogP contribution is -2.32. The first-order valence-electron chi connectivity index (χ1n) is 8.23. The molecule has 3 rings (SSSR count). The van der Waals surface area contributed by atoms with Gasteiger partial charge in [-0.05, 0) is 36.8 Å². The molecule has 1 fully saturated rings. The average Bonchev–Trinajstić information content (AvgIpc) is 3.28. The van der Waals surface area contributed by atoms with Crippen LogP contribution >= 0.6 is 11.3 Å². The van der Waals surface area contributed by atoms with Crippen molar-refractivity contribution in [2.24, 2.45) is 0 Å². The molecule has 0 saturated carbocycles. The average molecular weight is 347 g/mol. The van der Waals surface area contributed by atoms with Crippen molar-refractivity contribution in [2.75, 3.05) is 13.2 Å². The van der Waals surface area contributed by atoms with E-state index in [9.17, 15) is 9.59 Å². The van der Waals surface area contributed by atoms with E-state index in [0.717, 1.165) is 30.0 Å². The smallest absolute Gasteiger partial charge is 0.266 e. The van der Waals surface area contributed by atoms with E-state index in [-0.39, 0.29) is 17.6 Å². The molecule has 2 aromatic rings. The van der Waals surface area contributed by atoms with E-state index in [2.05, 4.69) is 10.4 Å². The molecule has 0 aromatic carbocycles. The van der Waals surface area contributed by atoms with Gasteiger partial charge in [0.2, 0.25) is 5.91 Å². The van der Waals surface area contributed by atoms with Gasteiger partial charge < -0.3 is 10.1 Å². The summed E-state index contributed by atoms with van der Waals surface area (Å²) >= 11 is 1.58. The van der Waals surface area contributed by atoms with Crippen LogP contribution in [0.4, 0.5) is 0 Å². The number of aryl methyl sites for hydroxylation is 1. The maximum atomic E-state index is 11.9. The third-order valence-electron chi connectivity index (χ3n) is 3.96. The van der Waals surface area contributed by atoms with Gasteiger partial charge in [0.15, 0.2) is 0 Å². The Morgan fingerprint density at radius 2 is 2.33 bits per heavy atom. The summed E-state index contributed by atoms with van der Waals surface area (Å²) in [6, 6.07) is 7.19. The first kappa shape index (κ1) is 16.9. The number of thiophene rings is 1. The SMILES string of the molecule is O=C(CCCn1nc(-c2cccs2)ccc1=O)NCC1CCCO1. The standard InChI is InChI=1S/C17H21N3O3S/c21-16(18-12-13-4-2-10-23-13)6-1-9-20-17(22)8-7-14(19-20)15-5-3-11-24-15/h3,5,7-8,11,13H,1-2,4,6,9-10,12H2,(H,18,21).